The van der Waals surface area contributed by atoms with Crippen LogP contribution in [-0.2, 0) is 0 Å². The predicted molar refractivity (Wildman–Crippen MR) is 87.0 cm³/mol. The molecule has 0 aliphatic rings. The number of hydrogen-bond donors (Lipinski definition) is 2. The largest absolute Gasteiger partial charge is 0.492 e. The Kier molecular flexibility index (Phi) is 3.60. The Balaban J connectivity index is 2.01. The summed E-state index contributed by atoms with van der Waals surface area (Å²) in [7, 11) is 0. The minimum absolute atomic E-state index is 0.589. The van der Waals surface area contributed by atoms with Gasteiger partial charge >= 0.3 is 0 Å². The highest BCUT2D eigenvalue weighted by atomic mass is 16.5. The fourth-order valence-electron chi connectivity index (χ4n) is 2.29. The van der Waals surface area contributed by atoms with Crippen molar-refractivity contribution in [3.8, 4) is 5.75 Å². The van der Waals surface area contributed by atoms with Crippen molar-refractivity contribution in [2.75, 3.05) is 17.7 Å². The lowest BCUT2D eigenvalue weighted by Gasteiger charge is -2.14. The molecule has 21 heavy (non-hydrogen) atoms. The minimum atomic E-state index is 0.589. The second-order valence-electron chi connectivity index (χ2n) is 4.65. The average Bonchev–Trinajstić information content (AvgIpc) is 2.52. The first-order valence-electron chi connectivity index (χ1n) is 6.91. The highest BCUT2D eigenvalue weighted by Gasteiger charge is 2.07. The van der Waals surface area contributed by atoms with Gasteiger partial charge in [-0.15, -0.1) is 0 Å². The number of nitrogens with zero attached hydrogens (tertiary/aromatic N) is 1. The van der Waals surface area contributed by atoms with Crippen LogP contribution >= 0.6 is 0 Å². The summed E-state index contributed by atoms with van der Waals surface area (Å²) < 4.78 is 5.53. The molecule has 3 N–H and O–H groups in total. The predicted octanol–water partition coefficient (Wildman–Crippen LogP) is 3.96. The van der Waals surface area contributed by atoms with Gasteiger partial charge in [-0.2, -0.15) is 0 Å². The Morgan fingerprint density at radius 1 is 1.05 bits per heavy atom. The molecule has 0 fully saturated rings. The van der Waals surface area contributed by atoms with E-state index in [-0.39, 0.29) is 0 Å². The van der Waals surface area contributed by atoms with Crippen molar-refractivity contribution in [2.24, 2.45) is 0 Å². The maximum Gasteiger partial charge on any atom is 0.144 e. The van der Waals surface area contributed by atoms with Crippen LogP contribution in [0.25, 0.3) is 10.9 Å². The van der Waals surface area contributed by atoms with Gasteiger partial charge in [0.05, 0.1) is 23.5 Å². The summed E-state index contributed by atoms with van der Waals surface area (Å²) in [4.78, 5) is 4.36. The number of pyridine rings is 1. The summed E-state index contributed by atoms with van der Waals surface area (Å²) in [6.45, 7) is 2.53. The highest BCUT2D eigenvalue weighted by molar-refractivity contribution is 5.94. The molecule has 0 bridgehead atoms. The third kappa shape index (κ3) is 2.60. The number of rotatable bonds is 4. The Labute approximate surface area is 123 Å². The molecule has 0 radical (unpaired) electrons. The lowest BCUT2D eigenvalue weighted by atomic mass is 10.1. The van der Waals surface area contributed by atoms with Gasteiger partial charge in [-0.25, -0.2) is 0 Å². The van der Waals surface area contributed by atoms with Gasteiger partial charge in [-0.05, 0) is 43.3 Å². The molecule has 106 valence electrons. The van der Waals surface area contributed by atoms with E-state index in [2.05, 4.69) is 10.3 Å². The van der Waals surface area contributed by atoms with Gasteiger partial charge in [-0.1, -0.05) is 12.1 Å². The van der Waals surface area contributed by atoms with Gasteiger partial charge in [-0.3, -0.25) is 4.98 Å². The molecule has 4 heteroatoms. The Bertz CT molecular complexity index is 766. The summed E-state index contributed by atoms with van der Waals surface area (Å²) in [6, 6.07) is 15.7. The van der Waals surface area contributed by atoms with E-state index in [9.17, 15) is 0 Å². The maximum absolute atomic E-state index is 6.16. The molecule has 0 saturated carbocycles. The number of aromatic nitrogens is 1. The molecule has 4 nitrogen and oxygen atoms in total. The molecule has 3 rings (SSSR count). The van der Waals surface area contributed by atoms with Crippen molar-refractivity contribution in [3.05, 3.63) is 54.7 Å². The molecule has 2 aromatic carbocycles. The standard InChI is InChI=1S/C17H17N3O/c1-2-21-16-10-4-9-15(17(16)18)20-14-8-3-7-13-12(14)6-5-11-19-13/h3-11,20H,2,18H2,1H3. The second-order valence-corrected chi connectivity index (χ2v) is 4.65. The van der Waals surface area contributed by atoms with Gasteiger partial charge in [0.2, 0.25) is 0 Å². The monoisotopic (exact) mass is 279 g/mol. The van der Waals surface area contributed by atoms with Gasteiger partial charge in [0.25, 0.3) is 0 Å². The van der Waals surface area contributed by atoms with Gasteiger partial charge in [0.15, 0.2) is 0 Å². The zero-order valence-electron chi connectivity index (χ0n) is 11.8. The van der Waals surface area contributed by atoms with E-state index < -0.39 is 0 Å². The van der Waals surface area contributed by atoms with Gasteiger partial charge in [0.1, 0.15) is 5.75 Å². The minimum Gasteiger partial charge on any atom is -0.492 e. The Hall–Kier alpha value is -2.75. The summed E-state index contributed by atoms with van der Waals surface area (Å²) in [5.74, 6) is 0.695. The van der Waals surface area contributed by atoms with Crippen LogP contribution in [-0.4, -0.2) is 11.6 Å². The summed E-state index contributed by atoms with van der Waals surface area (Å²) in [6.07, 6.45) is 1.79. The van der Waals surface area contributed by atoms with Crippen molar-refractivity contribution in [1.82, 2.24) is 4.98 Å². The van der Waals surface area contributed by atoms with Crippen LogP contribution in [0.2, 0.25) is 0 Å². The number of nitrogens with two attached hydrogens (primary N) is 1. The van der Waals surface area contributed by atoms with Crippen LogP contribution in [0.1, 0.15) is 6.92 Å². The van der Waals surface area contributed by atoms with Crippen molar-refractivity contribution >= 4 is 28.0 Å². The smallest absolute Gasteiger partial charge is 0.144 e. The SMILES string of the molecule is CCOc1cccc(Nc2cccc3ncccc23)c1N. The number of fused-ring (bicyclic) bond motifs is 1. The lowest BCUT2D eigenvalue weighted by Crippen LogP contribution is -2.01. The number of ether oxygens (including phenoxy) is 1. The number of anilines is 3. The van der Waals surface area contributed by atoms with Crippen LogP contribution in [0.5, 0.6) is 5.75 Å². The summed E-state index contributed by atoms with van der Waals surface area (Å²) in [5, 5.41) is 4.43. The van der Waals surface area contributed by atoms with Crippen molar-refractivity contribution in [1.29, 1.82) is 0 Å². The van der Waals surface area contributed by atoms with Crippen molar-refractivity contribution in [3.63, 3.8) is 0 Å². The van der Waals surface area contributed by atoms with E-state index >= 15 is 0 Å². The molecule has 0 amide bonds. The zero-order valence-corrected chi connectivity index (χ0v) is 11.8. The Morgan fingerprint density at radius 3 is 2.71 bits per heavy atom. The highest BCUT2D eigenvalue weighted by Crippen LogP contribution is 2.33. The molecule has 0 aliphatic heterocycles. The third-order valence-corrected chi connectivity index (χ3v) is 3.28. The lowest BCUT2D eigenvalue weighted by molar-refractivity contribution is 0.342. The van der Waals surface area contributed by atoms with Crippen LogP contribution in [0.3, 0.4) is 0 Å². The number of benzene rings is 2. The van der Waals surface area contributed by atoms with E-state index in [1.165, 1.54) is 0 Å². The van der Waals surface area contributed by atoms with E-state index in [4.69, 9.17) is 10.5 Å². The summed E-state index contributed by atoms with van der Waals surface area (Å²) >= 11 is 0. The molecule has 1 heterocycles. The first-order chi connectivity index (χ1) is 10.3. The van der Waals surface area contributed by atoms with E-state index in [1.54, 1.807) is 6.20 Å². The number of nitrogens with one attached hydrogen (secondary N) is 1. The van der Waals surface area contributed by atoms with E-state index in [1.807, 2.05) is 55.5 Å². The van der Waals surface area contributed by atoms with E-state index in [0.29, 0.717) is 18.0 Å². The number of nitrogen functional groups attached to an aromatic ring is 1. The van der Waals surface area contributed by atoms with Gasteiger partial charge < -0.3 is 15.8 Å². The van der Waals surface area contributed by atoms with Crippen LogP contribution in [0, 0.1) is 0 Å². The normalized spacial score (nSPS) is 10.5. The fourth-order valence-corrected chi connectivity index (χ4v) is 2.29. The molecular weight excluding hydrogens is 262 g/mol. The maximum atomic E-state index is 6.16. The van der Waals surface area contributed by atoms with Crippen LogP contribution < -0.4 is 15.8 Å². The first-order valence-corrected chi connectivity index (χ1v) is 6.91. The van der Waals surface area contributed by atoms with Crippen molar-refractivity contribution < 1.29 is 4.74 Å². The number of hydrogen-bond acceptors (Lipinski definition) is 4. The number of para-hydroxylation sites is 1. The van der Waals surface area contributed by atoms with Gasteiger partial charge in [0, 0.05) is 17.3 Å². The summed E-state index contributed by atoms with van der Waals surface area (Å²) in [5.41, 5.74) is 9.52. The molecule has 0 aliphatic carbocycles. The molecule has 0 unspecified atom stereocenters. The fraction of sp³-hybridized carbons (Fsp3) is 0.118. The molecule has 1 aromatic heterocycles. The van der Waals surface area contributed by atoms with Crippen molar-refractivity contribution in [2.45, 2.75) is 6.92 Å². The molecular formula is C17H17N3O. The zero-order chi connectivity index (χ0) is 14.7. The first kappa shape index (κ1) is 13.2. The molecule has 3 aromatic rings. The average molecular weight is 279 g/mol. The third-order valence-electron chi connectivity index (χ3n) is 3.28. The topological polar surface area (TPSA) is 60.2 Å². The quantitative estimate of drug-likeness (QED) is 0.710. The second kappa shape index (κ2) is 5.71. The van der Waals surface area contributed by atoms with E-state index in [0.717, 1.165) is 22.3 Å². The molecule has 0 saturated heterocycles. The molecule has 0 spiro atoms. The van der Waals surface area contributed by atoms with Crippen LogP contribution in [0.4, 0.5) is 17.1 Å². The Morgan fingerprint density at radius 2 is 1.86 bits per heavy atom. The molecule has 0 atom stereocenters. The van der Waals surface area contributed by atoms with Crippen LogP contribution in [0.15, 0.2) is 54.7 Å².